The zero-order valence-corrected chi connectivity index (χ0v) is 9.58. The van der Waals surface area contributed by atoms with E-state index in [1.54, 1.807) is 25.2 Å². The molecule has 0 aromatic heterocycles. The molecule has 1 amide bonds. The average molecular weight is 237 g/mol. The minimum atomic E-state index is -0.487. The molecule has 0 saturated carbocycles. The highest BCUT2D eigenvalue weighted by Crippen LogP contribution is 2.31. The molecule has 0 radical (unpaired) electrons. The van der Waals surface area contributed by atoms with Gasteiger partial charge in [0, 0.05) is 17.7 Å². The number of nitrogens with zero attached hydrogens (tertiary/aromatic N) is 1. The number of thioether (sulfide) groups is 1. The Morgan fingerprint density at radius 1 is 1.38 bits per heavy atom. The third-order valence-corrected chi connectivity index (χ3v) is 3.41. The molecule has 0 bridgehead atoms. The van der Waals surface area contributed by atoms with Gasteiger partial charge in [-0.2, -0.15) is 0 Å². The van der Waals surface area contributed by atoms with Gasteiger partial charge in [0.05, 0.1) is 17.9 Å². The van der Waals surface area contributed by atoms with Crippen LogP contribution < -0.4 is 4.90 Å². The van der Waals surface area contributed by atoms with E-state index in [9.17, 15) is 9.59 Å². The number of carbonyl (C=O) groups excluding carboxylic acids is 2. The number of benzene rings is 1. The van der Waals surface area contributed by atoms with Crippen molar-refractivity contribution in [3.8, 4) is 0 Å². The maximum Gasteiger partial charge on any atom is 0.299 e. The molecule has 1 aliphatic heterocycles. The normalized spacial score (nSPS) is 14.5. The summed E-state index contributed by atoms with van der Waals surface area (Å²) in [6.45, 7) is 0.107. The Bertz CT molecular complexity index is 459. The molecule has 1 aliphatic rings. The Morgan fingerprint density at radius 3 is 2.81 bits per heavy atom. The van der Waals surface area contributed by atoms with Gasteiger partial charge < -0.3 is 10.0 Å². The van der Waals surface area contributed by atoms with Gasteiger partial charge in [-0.1, -0.05) is 0 Å². The second-order valence-electron chi connectivity index (χ2n) is 3.44. The van der Waals surface area contributed by atoms with E-state index in [0.717, 1.165) is 4.90 Å². The molecule has 16 heavy (non-hydrogen) atoms. The molecule has 2 rings (SSSR count). The quantitative estimate of drug-likeness (QED) is 0.627. The molecule has 0 fully saturated rings. The number of fused-ring (bicyclic) bond motifs is 1. The first-order valence-corrected chi connectivity index (χ1v) is 5.84. The first kappa shape index (κ1) is 11.2. The molecule has 0 atom stereocenters. The summed E-state index contributed by atoms with van der Waals surface area (Å²) in [6, 6.07) is 5.26. The number of carbonyl (C=O) groups is 2. The SMILES string of the molecule is CN1C(=O)C(=O)c2ccc(SCCO)cc21. The Kier molecular flexibility index (Phi) is 2.98. The van der Waals surface area contributed by atoms with Crippen LogP contribution in [0.25, 0.3) is 0 Å². The second kappa shape index (κ2) is 4.27. The fraction of sp³-hybridized carbons (Fsp3) is 0.273. The zero-order chi connectivity index (χ0) is 11.7. The summed E-state index contributed by atoms with van der Waals surface area (Å²) in [5.41, 5.74) is 1.11. The molecule has 0 saturated heterocycles. The number of hydrogen-bond acceptors (Lipinski definition) is 4. The van der Waals surface area contributed by atoms with Gasteiger partial charge in [0.1, 0.15) is 0 Å². The third-order valence-electron chi connectivity index (χ3n) is 2.43. The van der Waals surface area contributed by atoms with Crippen LogP contribution in [0.1, 0.15) is 10.4 Å². The lowest BCUT2D eigenvalue weighted by Crippen LogP contribution is -2.24. The minimum Gasteiger partial charge on any atom is -0.396 e. The fourth-order valence-corrected chi connectivity index (χ4v) is 2.30. The highest BCUT2D eigenvalue weighted by molar-refractivity contribution is 7.99. The number of Topliss-reactive ketones (excluding diaryl/α,β-unsaturated/α-hetero) is 1. The monoisotopic (exact) mass is 237 g/mol. The summed E-state index contributed by atoms with van der Waals surface area (Å²) in [5, 5.41) is 8.72. The van der Waals surface area contributed by atoms with Crippen LogP contribution in [0.4, 0.5) is 5.69 Å². The minimum absolute atomic E-state index is 0.107. The Labute approximate surface area is 97.3 Å². The number of likely N-dealkylation sites (N-methyl/N-ethyl adjacent to an activating group) is 1. The van der Waals surface area contributed by atoms with Crippen molar-refractivity contribution < 1.29 is 14.7 Å². The third kappa shape index (κ3) is 1.72. The van der Waals surface area contributed by atoms with Gasteiger partial charge in [-0.05, 0) is 18.2 Å². The summed E-state index contributed by atoms with van der Waals surface area (Å²) < 4.78 is 0. The second-order valence-corrected chi connectivity index (χ2v) is 4.61. The van der Waals surface area contributed by atoms with Gasteiger partial charge in [-0.15, -0.1) is 11.8 Å². The van der Waals surface area contributed by atoms with Crippen molar-refractivity contribution >= 4 is 29.1 Å². The molecular weight excluding hydrogens is 226 g/mol. The predicted octanol–water partition coefficient (Wildman–Crippen LogP) is 0.930. The number of aliphatic hydroxyl groups excluding tert-OH is 1. The van der Waals surface area contributed by atoms with E-state index in [0.29, 0.717) is 17.0 Å². The van der Waals surface area contributed by atoms with Gasteiger partial charge in [-0.25, -0.2) is 0 Å². The van der Waals surface area contributed by atoms with E-state index >= 15 is 0 Å². The highest BCUT2D eigenvalue weighted by Gasteiger charge is 2.33. The lowest BCUT2D eigenvalue weighted by molar-refractivity contribution is -0.114. The van der Waals surface area contributed by atoms with Crippen molar-refractivity contribution in [3.05, 3.63) is 23.8 Å². The van der Waals surface area contributed by atoms with E-state index in [-0.39, 0.29) is 6.61 Å². The maximum atomic E-state index is 11.5. The maximum absolute atomic E-state index is 11.5. The number of aliphatic hydroxyl groups is 1. The van der Waals surface area contributed by atoms with E-state index in [1.807, 2.05) is 0 Å². The van der Waals surface area contributed by atoms with Crippen LogP contribution in [0.15, 0.2) is 23.1 Å². The van der Waals surface area contributed by atoms with Gasteiger partial charge in [0.25, 0.3) is 11.7 Å². The van der Waals surface area contributed by atoms with E-state index in [4.69, 9.17) is 5.11 Å². The molecule has 4 nitrogen and oxygen atoms in total. The summed E-state index contributed by atoms with van der Waals surface area (Å²) in [6.07, 6.45) is 0. The topological polar surface area (TPSA) is 57.6 Å². The number of ketones is 1. The Balaban J connectivity index is 2.34. The van der Waals surface area contributed by atoms with Crippen LogP contribution in [0, 0.1) is 0 Å². The lowest BCUT2D eigenvalue weighted by atomic mass is 10.1. The molecule has 0 spiro atoms. The molecule has 1 aromatic rings. The molecule has 0 aliphatic carbocycles. The van der Waals surface area contributed by atoms with E-state index < -0.39 is 11.7 Å². The van der Waals surface area contributed by atoms with Crippen molar-refractivity contribution in [1.82, 2.24) is 0 Å². The van der Waals surface area contributed by atoms with Crippen molar-refractivity contribution in [2.45, 2.75) is 4.90 Å². The number of amides is 1. The molecule has 0 unspecified atom stereocenters. The Hall–Kier alpha value is -1.33. The molecular formula is C11H11NO3S. The number of anilines is 1. The van der Waals surface area contributed by atoms with Gasteiger partial charge in [0.2, 0.25) is 0 Å². The highest BCUT2D eigenvalue weighted by atomic mass is 32.2. The van der Waals surface area contributed by atoms with Crippen LogP contribution in [-0.4, -0.2) is 36.2 Å². The van der Waals surface area contributed by atoms with Crippen molar-refractivity contribution in [1.29, 1.82) is 0 Å². The van der Waals surface area contributed by atoms with Crippen LogP contribution in [0.5, 0.6) is 0 Å². The lowest BCUT2D eigenvalue weighted by Gasteiger charge is -2.09. The van der Waals surface area contributed by atoms with Crippen molar-refractivity contribution in [2.75, 3.05) is 24.3 Å². The van der Waals surface area contributed by atoms with Crippen LogP contribution >= 0.6 is 11.8 Å². The fourth-order valence-electron chi connectivity index (χ4n) is 1.61. The van der Waals surface area contributed by atoms with Crippen molar-refractivity contribution in [3.63, 3.8) is 0 Å². The summed E-state index contributed by atoms with van der Waals surface area (Å²) >= 11 is 1.49. The molecule has 1 heterocycles. The van der Waals surface area contributed by atoms with Gasteiger partial charge in [-0.3, -0.25) is 9.59 Å². The van der Waals surface area contributed by atoms with E-state index in [2.05, 4.69) is 0 Å². The van der Waals surface area contributed by atoms with Crippen LogP contribution in [0.2, 0.25) is 0 Å². The summed E-state index contributed by atoms with van der Waals surface area (Å²) in [4.78, 5) is 25.2. The first-order chi connectivity index (χ1) is 7.65. The average Bonchev–Trinajstić information content (AvgIpc) is 2.52. The number of rotatable bonds is 3. The standard InChI is InChI=1S/C11H11NO3S/c1-12-9-6-7(16-5-4-13)2-3-8(9)10(14)11(12)15/h2-3,6,13H,4-5H2,1H3. The number of hydrogen-bond donors (Lipinski definition) is 1. The van der Waals surface area contributed by atoms with Gasteiger partial charge >= 0.3 is 0 Å². The molecule has 84 valence electrons. The summed E-state index contributed by atoms with van der Waals surface area (Å²) in [7, 11) is 1.59. The van der Waals surface area contributed by atoms with E-state index in [1.165, 1.54) is 16.7 Å². The Morgan fingerprint density at radius 2 is 2.12 bits per heavy atom. The van der Waals surface area contributed by atoms with Crippen molar-refractivity contribution in [2.24, 2.45) is 0 Å². The van der Waals surface area contributed by atoms with Crippen LogP contribution in [0.3, 0.4) is 0 Å². The largest absolute Gasteiger partial charge is 0.396 e. The molecule has 5 heteroatoms. The first-order valence-electron chi connectivity index (χ1n) is 4.85. The zero-order valence-electron chi connectivity index (χ0n) is 8.77. The van der Waals surface area contributed by atoms with Crippen LogP contribution in [-0.2, 0) is 4.79 Å². The predicted molar refractivity (Wildman–Crippen MR) is 62.0 cm³/mol. The molecule has 1 aromatic carbocycles. The molecule has 1 N–H and O–H groups in total. The summed E-state index contributed by atoms with van der Waals surface area (Å²) in [5.74, 6) is -0.333. The van der Waals surface area contributed by atoms with Gasteiger partial charge in [0.15, 0.2) is 0 Å². The smallest absolute Gasteiger partial charge is 0.299 e.